The number of hydrogen-bond donors (Lipinski definition) is 3. The van der Waals surface area contributed by atoms with Crippen molar-refractivity contribution in [1.29, 1.82) is 0 Å². The number of nitrogens with one attached hydrogen (secondary N) is 2. The van der Waals surface area contributed by atoms with E-state index < -0.39 is 6.10 Å². The summed E-state index contributed by atoms with van der Waals surface area (Å²) < 4.78 is 5.67. The minimum Gasteiger partial charge on any atom is -0.388 e. The number of aliphatic hydroxyl groups is 1. The lowest BCUT2D eigenvalue weighted by Crippen LogP contribution is -2.42. The number of aliphatic imine (C=N–C) groups is 1. The highest BCUT2D eigenvalue weighted by Crippen LogP contribution is 2.37. The molecule has 0 aliphatic carbocycles. The maximum Gasteiger partial charge on any atom is 0.191 e. The van der Waals surface area contributed by atoms with Crippen molar-refractivity contribution in [1.82, 2.24) is 10.6 Å². The summed E-state index contributed by atoms with van der Waals surface area (Å²) in [6, 6.07) is 18.4. The lowest BCUT2D eigenvalue weighted by atomic mass is 9.72. The van der Waals surface area contributed by atoms with Crippen molar-refractivity contribution in [3.8, 4) is 0 Å². The Morgan fingerprint density at radius 1 is 1.06 bits per heavy atom. The Hall–Kier alpha value is -1.64. The summed E-state index contributed by atoms with van der Waals surface area (Å²) >= 11 is 0. The van der Waals surface area contributed by atoms with Gasteiger partial charge in [0.25, 0.3) is 0 Å². The van der Waals surface area contributed by atoms with Crippen molar-refractivity contribution >= 4 is 29.9 Å². The third-order valence-corrected chi connectivity index (χ3v) is 5.94. The number of ether oxygens (including phenoxy) is 1. The minimum atomic E-state index is -0.476. The van der Waals surface area contributed by atoms with E-state index in [1.165, 1.54) is 11.1 Å². The zero-order chi connectivity index (χ0) is 21.2. The number of nitrogens with zero attached hydrogens (tertiary/aromatic N) is 1. The first kappa shape index (κ1) is 25.6. The number of rotatable bonds is 8. The summed E-state index contributed by atoms with van der Waals surface area (Å²) in [6.07, 6.45) is 2.11. The van der Waals surface area contributed by atoms with E-state index >= 15 is 0 Å². The first-order chi connectivity index (χ1) is 14.6. The van der Waals surface area contributed by atoms with Gasteiger partial charge in [0.1, 0.15) is 0 Å². The predicted molar refractivity (Wildman–Crippen MR) is 138 cm³/mol. The van der Waals surface area contributed by atoms with E-state index in [0.717, 1.165) is 50.7 Å². The van der Waals surface area contributed by atoms with Crippen molar-refractivity contribution < 1.29 is 9.84 Å². The van der Waals surface area contributed by atoms with E-state index in [2.05, 4.69) is 48.7 Å². The average Bonchev–Trinajstić information content (AvgIpc) is 2.79. The Balaban J connectivity index is 0.00000341. The molecule has 0 radical (unpaired) electrons. The topological polar surface area (TPSA) is 65.9 Å². The van der Waals surface area contributed by atoms with Crippen molar-refractivity contribution in [3.05, 3.63) is 71.3 Å². The Kier molecular flexibility index (Phi) is 10.8. The largest absolute Gasteiger partial charge is 0.388 e. The van der Waals surface area contributed by atoms with Gasteiger partial charge in [-0.05, 0) is 49.8 Å². The molecule has 1 heterocycles. The lowest BCUT2D eigenvalue weighted by Gasteiger charge is -2.37. The van der Waals surface area contributed by atoms with Crippen LogP contribution >= 0.6 is 24.0 Å². The fraction of sp³-hybridized carbons (Fsp3) is 0.480. The van der Waals surface area contributed by atoms with Gasteiger partial charge in [-0.3, -0.25) is 4.99 Å². The van der Waals surface area contributed by atoms with Crippen LogP contribution in [0.2, 0.25) is 0 Å². The van der Waals surface area contributed by atoms with Crippen LogP contribution in [0.5, 0.6) is 0 Å². The molecular formula is C25H36IN3O2. The second-order valence-corrected chi connectivity index (χ2v) is 8.04. The molecular weight excluding hydrogens is 501 g/mol. The first-order valence-electron chi connectivity index (χ1n) is 11.0. The van der Waals surface area contributed by atoms with E-state index in [9.17, 15) is 5.11 Å². The smallest absolute Gasteiger partial charge is 0.191 e. The molecule has 1 aliphatic heterocycles. The Morgan fingerprint density at radius 2 is 1.74 bits per heavy atom. The average molecular weight is 537 g/mol. The summed E-state index contributed by atoms with van der Waals surface area (Å²) in [4.78, 5) is 4.95. The molecule has 0 bridgehead atoms. The predicted octanol–water partition coefficient (Wildman–Crippen LogP) is 4.34. The van der Waals surface area contributed by atoms with E-state index in [4.69, 9.17) is 9.73 Å². The molecule has 0 spiro atoms. The number of guanidine groups is 1. The second kappa shape index (κ2) is 13.0. The number of aliphatic hydroxyl groups excluding tert-OH is 1. The van der Waals surface area contributed by atoms with Gasteiger partial charge >= 0.3 is 0 Å². The molecule has 1 fully saturated rings. The monoisotopic (exact) mass is 537 g/mol. The SMILES string of the molecule is CCNC(=NCC1(c2ccccc2C)CCOCC1)NCCC(O)c1ccccc1.I. The van der Waals surface area contributed by atoms with Gasteiger partial charge in [0.2, 0.25) is 0 Å². The fourth-order valence-corrected chi connectivity index (χ4v) is 4.18. The van der Waals surface area contributed by atoms with Gasteiger partial charge in [0.15, 0.2) is 5.96 Å². The van der Waals surface area contributed by atoms with Crippen molar-refractivity contribution in [2.45, 2.75) is 44.6 Å². The molecule has 0 amide bonds. The van der Waals surface area contributed by atoms with Crippen molar-refractivity contribution in [2.24, 2.45) is 4.99 Å². The second-order valence-electron chi connectivity index (χ2n) is 8.04. The van der Waals surface area contributed by atoms with Crippen LogP contribution in [0.3, 0.4) is 0 Å². The van der Waals surface area contributed by atoms with E-state index in [1.807, 2.05) is 30.3 Å². The summed E-state index contributed by atoms with van der Waals surface area (Å²) in [7, 11) is 0. The Bertz CT molecular complexity index is 807. The first-order valence-corrected chi connectivity index (χ1v) is 11.0. The van der Waals surface area contributed by atoms with E-state index in [1.54, 1.807) is 0 Å². The minimum absolute atomic E-state index is 0. The molecule has 1 aliphatic rings. The van der Waals surface area contributed by atoms with Crippen LogP contribution < -0.4 is 10.6 Å². The quantitative estimate of drug-likeness (QED) is 0.266. The number of halogens is 1. The van der Waals surface area contributed by atoms with Crippen LogP contribution in [0.4, 0.5) is 0 Å². The van der Waals surface area contributed by atoms with Gasteiger partial charge in [-0.2, -0.15) is 0 Å². The van der Waals surface area contributed by atoms with Crippen molar-refractivity contribution in [3.63, 3.8) is 0 Å². The molecule has 6 heteroatoms. The van der Waals surface area contributed by atoms with Crippen LogP contribution in [-0.2, 0) is 10.2 Å². The molecule has 0 aromatic heterocycles. The molecule has 2 aromatic rings. The number of hydrogen-bond acceptors (Lipinski definition) is 3. The lowest BCUT2D eigenvalue weighted by molar-refractivity contribution is 0.0529. The maximum absolute atomic E-state index is 10.4. The third-order valence-electron chi connectivity index (χ3n) is 5.94. The highest BCUT2D eigenvalue weighted by molar-refractivity contribution is 14.0. The molecule has 3 rings (SSSR count). The highest BCUT2D eigenvalue weighted by atomic mass is 127. The Morgan fingerprint density at radius 3 is 2.42 bits per heavy atom. The van der Waals surface area contributed by atoms with Crippen LogP contribution in [0.25, 0.3) is 0 Å². The van der Waals surface area contributed by atoms with Crippen LogP contribution in [0, 0.1) is 6.92 Å². The highest BCUT2D eigenvalue weighted by Gasteiger charge is 2.35. The standard InChI is InChI=1S/C25H35N3O2.HI/c1-3-26-24(27-16-13-23(29)21-10-5-4-6-11-21)28-19-25(14-17-30-18-15-25)22-12-8-7-9-20(22)2;/h4-12,23,29H,3,13-19H2,1-2H3,(H2,26,27,28);1H. The molecule has 31 heavy (non-hydrogen) atoms. The maximum atomic E-state index is 10.4. The van der Waals surface area contributed by atoms with Gasteiger partial charge < -0.3 is 20.5 Å². The number of benzene rings is 2. The van der Waals surface area contributed by atoms with Crippen LogP contribution in [0.1, 0.15) is 49.0 Å². The van der Waals surface area contributed by atoms with Gasteiger partial charge in [-0.1, -0.05) is 54.6 Å². The molecule has 2 aromatic carbocycles. The molecule has 5 nitrogen and oxygen atoms in total. The van der Waals surface area contributed by atoms with Gasteiger partial charge in [-0.25, -0.2) is 0 Å². The molecule has 1 saturated heterocycles. The van der Waals surface area contributed by atoms with E-state index in [0.29, 0.717) is 13.0 Å². The normalized spacial score (nSPS) is 16.8. The third kappa shape index (κ3) is 7.19. The fourth-order valence-electron chi connectivity index (χ4n) is 4.18. The van der Waals surface area contributed by atoms with Gasteiger partial charge in [0, 0.05) is 31.7 Å². The van der Waals surface area contributed by atoms with Crippen molar-refractivity contribution in [2.75, 3.05) is 32.8 Å². The Labute approximate surface area is 203 Å². The summed E-state index contributed by atoms with van der Waals surface area (Å²) in [5.74, 6) is 0.803. The zero-order valence-electron chi connectivity index (χ0n) is 18.6. The molecule has 170 valence electrons. The van der Waals surface area contributed by atoms with Gasteiger partial charge in [0.05, 0.1) is 12.6 Å². The summed E-state index contributed by atoms with van der Waals surface area (Å²) in [6.45, 7) is 7.98. The molecule has 0 saturated carbocycles. The number of aryl methyl sites for hydroxylation is 1. The molecule has 3 N–H and O–H groups in total. The van der Waals surface area contributed by atoms with Crippen LogP contribution in [-0.4, -0.2) is 43.9 Å². The van der Waals surface area contributed by atoms with Crippen LogP contribution in [0.15, 0.2) is 59.6 Å². The van der Waals surface area contributed by atoms with Gasteiger partial charge in [-0.15, -0.1) is 24.0 Å². The van der Waals surface area contributed by atoms with E-state index in [-0.39, 0.29) is 29.4 Å². The zero-order valence-corrected chi connectivity index (χ0v) is 21.0. The molecule has 1 unspecified atom stereocenters. The molecule has 1 atom stereocenters. The summed E-state index contributed by atoms with van der Waals surface area (Å²) in [5, 5.41) is 17.1. The summed E-state index contributed by atoms with van der Waals surface area (Å²) in [5.41, 5.74) is 3.66.